The maximum Gasteiger partial charge on any atom is 0.337 e. The number of hydrogen-bond donors (Lipinski definition) is 1. The molecule has 0 radical (unpaired) electrons. The van der Waals surface area contributed by atoms with Gasteiger partial charge in [-0.2, -0.15) is 0 Å². The fraction of sp³-hybridized carbons (Fsp3) is 0.111. The predicted octanol–water partition coefficient (Wildman–Crippen LogP) is 5.02. The van der Waals surface area contributed by atoms with Crippen LogP contribution in [0.15, 0.2) is 78.4 Å². The molecule has 35 heavy (non-hydrogen) atoms. The molecule has 0 saturated carbocycles. The van der Waals surface area contributed by atoms with E-state index in [0.29, 0.717) is 27.3 Å². The summed E-state index contributed by atoms with van der Waals surface area (Å²) in [5.41, 5.74) is 3.01. The molecular weight excluding hydrogens is 464 g/mol. The first-order valence-corrected chi connectivity index (χ1v) is 11.6. The van der Waals surface area contributed by atoms with Crippen LogP contribution in [0.25, 0.3) is 16.0 Å². The Hall–Kier alpha value is -4.30. The predicted molar refractivity (Wildman–Crippen MR) is 133 cm³/mol. The van der Waals surface area contributed by atoms with Crippen LogP contribution in [0.2, 0.25) is 0 Å². The third-order valence-electron chi connectivity index (χ3n) is 5.88. The number of aliphatic hydroxyl groups is 1. The molecule has 1 aliphatic heterocycles. The molecule has 1 aromatic heterocycles. The van der Waals surface area contributed by atoms with Gasteiger partial charge in [-0.3, -0.25) is 14.5 Å². The van der Waals surface area contributed by atoms with Crippen LogP contribution in [0.4, 0.5) is 5.13 Å². The van der Waals surface area contributed by atoms with Gasteiger partial charge in [-0.15, -0.1) is 0 Å². The second-order valence-electron chi connectivity index (χ2n) is 8.12. The first kappa shape index (κ1) is 22.5. The van der Waals surface area contributed by atoms with Gasteiger partial charge >= 0.3 is 11.9 Å². The number of esters is 1. The maximum atomic E-state index is 13.3. The Morgan fingerprint density at radius 3 is 2.40 bits per heavy atom. The minimum absolute atomic E-state index is 0.0394. The number of aromatic nitrogens is 1. The molecule has 1 unspecified atom stereocenters. The maximum absolute atomic E-state index is 13.3. The van der Waals surface area contributed by atoms with Crippen molar-refractivity contribution in [3.8, 4) is 0 Å². The van der Waals surface area contributed by atoms with Crippen molar-refractivity contribution in [1.82, 2.24) is 4.98 Å². The number of aryl methyl sites for hydroxylation is 1. The van der Waals surface area contributed by atoms with Crippen molar-refractivity contribution in [1.29, 1.82) is 0 Å². The summed E-state index contributed by atoms with van der Waals surface area (Å²) < 4.78 is 5.65. The van der Waals surface area contributed by atoms with Crippen molar-refractivity contribution in [2.45, 2.75) is 13.0 Å². The average Bonchev–Trinajstić information content (AvgIpc) is 3.41. The Labute approximate surface area is 204 Å². The fourth-order valence-corrected chi connectivity index (χ4v) is 5.23. The highest BCUT2D eigenvalue weighted by Gasteiger charge is 2.48. The Morgan fingerprint density at radius 2 is 1.71 bits per heavy atom. The van der Waals surface area contributed by atoms with Gasteiger partial charge in [0.15, 0.2) is 5.13 Å². The average molecular weight is 485 g/mol. The van der Waals surface area contributed by atoms with Crippen LogP contribution >= 0.6 is 11.3 Å². The Balaban J connectivity index is 1.71. The van der Waals surface area contributed by atoms with E-state index in [4.69, 9.17) is 4.74 Å². The molecule has 4 aromatic rings. The summed E-state index contributed by atoms with van der Waals surface area (Å²) in [6.07, 6.45) is 0. The van der Waals surface area contributed by atoms with E-state index in [9.17, 15) is 19.5 Å². The molecule has 1 atom stereocenters. The number of benzene rings is 3. The van der Waals surface area contributed by atoms with Gasteiger partial charge < -0.3 is 9.84 Å². The summed E-state index contributed by atoms with van der Waals surface area (Å²) in [6.45, 7) is 1.97. The number of rotatable bonds is 4. The molecule has 7 nitrogen and oxygen atoms in total. The number of hydrogen-bond acceptors (Lipinski definition) is 7. The van der Waals surface area contributed by atoms with Gasteiger partial charge in [0.1, 0.15) is 5.76 Å². The van der Waals surface area contributed by atoms with Crippen molar-refractivity contribution < 1.29 is 24.2 Å². The fourth-order valence-electron chi connectivity index (χ4n) is 4.14. The minimum Gasteiger partial charge on any atom is -0.507 e. The topological polar surface area (TPSA) is 96.8 Å². The standard InChI is InChI=1S/C27H20N2O5S/c1-15-8-13-19-20(14-15)35-27(28-19)29-22(16-9-11-18(12-10-16)26(33)34-2)21(24(31)25(29)32)23(30)17-6-4-3-5-7-17/h3-14,22,30H,1-2H3/b23-21+. The molecule has 1 amide bonds. The van der Waals surface area contributed by atoms with Gasteiger partial charge in [-0.05, 0) is 42.3 Å². The second-order valence-corrected chi connectivity index (χ2v) is 9.13. The highest BCUT2D eigenvalue weighted by Crippen LogP contribution is 2.44. The van der Waals surface area contributed by atoms with Gasteiger partial charge in [0.05, 0.1) is 34.5 Å². The summed E-state index contributed by atoms with van der Waals surface area (Å²) in [7, 11) is 1.29. The number of aliphatic hydroxyl groups excluding tert-OH is 1. The number of thiazole rings is 1. The number of anilines is 1. The molecule has 1 N–H and O–H groups in total. The number of carbonyl (C=O) groups excluding carboxylic acids is 3. The number of nitrogens with zero attached hydrogens (tertiary/aromatic N) is 2. The van der Waals surface area contributed by atoms with E-state index < -0.39 is 23.7 Å². The number of fused-ring (bicyclic) bond motifs is 1. The number of methoxy groups -OCH3 is 1. The SMILES string of the molecule is COC(=O)c1ccc(C2/C(=C(\O)c3ccccc3)C(=O)C(=O)N2c2nc3ccc(C)cc3s2)cc1. The number of ether oxygens (including phenoxy) is 1. The van der Waals surface area contributed by atoms with Gasteiger partial charge in [-0.1, -0.05) is 59.9 Å². The molecule has 0 spiro atoms. The highest BCUT2D eigenvalue weighted by molar-refractivity contribution is 7.22. The number of carbonyl (C=O) groups is 3. The second kappa shape index (κ2) is 8.81. The van der Waals surface area contributed by atoms with Crippen molar-refractivity contribution in [3.05, 3.63) is 101 Å². The molecule has 2 heterocycles. The van der Waals surface area contributed by atoms with Crippen LogP contribution < -0.4 is 4.90 Å². The lowest BCUT2D eigenvalue weighted by molar-refractivity contribution is -0.132. The van der Waals surface area contributed by atoms with E-state index in [1.807, 2.05) is 25.1 Å². The highest BCUT2D eigenvalue weighted by atomic mass is 32.1. The summed E-state index contributed by atoms with van der Waals surface area (Å²) in [5.74, 6) is -2.36. The normalized spacial score (nSPS) is 17.2. The zero-order valence-electron chi connectivity index (χ0n) is 18.9. The molecule has 1 aliphatic rings. The van der Waals surface area contributed by atoms with E-state index in [2.05, 4.69) is 4.98 Å². The van der Waals surface area contributed by atoms with E-state index in [-0.39, 0.29) is 11.3 Å². The summed E-state index contributed by atoms with van der Waals surface area (Å²) in [6, 6.07) is 19.9. The van der Waals surface area contributed by atoms with Crippen LogP contribution in [0.3, 0.4) is 0 Å². The van der Waals surface area contributed by atoms with Crippen LogP contribution in [0.5, 0.6) is 0 Å². The minimum atomic E-state index is -0.927. The Kier molecular flexibility index (Phi) is 5.66. The first-order valence-electron chi connectivity index (χ1n) is 10.8. The molecule has 0 bridgehead atoms. The zero-order valence-corrected chi connectivity index (χ0v) is 19.7. The number of amides is 1. The largest absolute Gasteiger partial charge is 0.507 e. The molecule has 1 fully saturated rings. The number of ketones is 1. The van der Waals surface area contributed by atoms with E-state index in [0.717, 1.165) is 10.3 Å². The molecule has 3 aromatic carbocycles. The third kappa shape index (κ3) is 3.87. The van der Waals surface area contributed by atoms with E-state index >= 15 is 0 Å². The van der Waals surface area contributed by atoms with Crippen molar-refractivity contribution >= 4 is 50.1 Å². The molecule has 174 valence electrons. The monoisotopic (exact) mass is 484 g/mol. The smallest absolute Gasteiger partial charge is 0.337 e. The summed E-state index contributed by atoms with van der Waals surface area (Å²) in [5, 5.41) is 11.5. The zero-order chi connectivity index (χ0) is 24.7. The molecule has 5 rings (SSSR count). The lowest BCUT2D eigenvalue weighted by Gasteiger charge is -2.23. The molecule has 1 saturated heterocycles. The Morgan fingerprint density at radius 1 is 1.00 bits per heavy atom. The van der Waals surface area contributed by atoms with Gasteiger partial charge in [0.2, 0.25) is 0 Å². The summed E-state index contributed by atoms with van der Waals surface area (Å²) in [4.78, 5) is 44.5. The van der Waals surface area contributed by atoms with Crippen molar-refractivity contribution in [2.24, 2.45) is 0 Å². The van der Waals surface area contributed by atoms with Gasteiger partial charge in [-0.25, -0.2) is 9.78 Å². The molecule has 8 heteroatoms. The Bertz CT molecular complexity index is 1510. The quantitative estimate of drug-likeness (QED) is 0.189. The molecular formula is C27H20N2O5S. The van der Waals surface area contributed by atoms with Gasteiger partial charge in [0, 0.05) is 5.56 Å². The van der Waals surface area contributed by atoms with E-state index in [1.165, 1.54) is 23.3 Å². The lowest BCUT2D eigenvalue weighted by Crippen LogP contribution is -2.29. The third-order valence-corrected chi connectivity index (χ3v) is 6.90. The van der Waals surface area contributed by atoms with Crippen molar-refractivity contribution in [2.75, 3.05) is 12.0 Å². The first-order chi connectivity index (χ1) is 16.9. The van der Waals surface area contributed by atoms with Crippen molar-refractivity contribution in [3.63, 3.8) is 0 Å². The lowest BCUT2D eigenvalue weighted by atomic mass is 9.95. The number of Topliss-reactive ketones (excluding diaryl/α,β-unsaturated/α-hetero) is 1. The van der Waals surface area contributed by atoms with E-state index in [1.54, 1.807) is 54.6 Å². The molecule has 0 aliphatic carbocycles. The van der Waals surface area contributed by atoms with Crippen LogP contribution in [0, 0.1) is 6.92 Å². The van der Waals surface area contributed by atoms with Crippen LogP contribution in [-0.2, 0) is 14.3 Å². The summed E-state index contributed by atoms with van der Waals surface area (Å²) >= 11 is 1.30. The van der Waals surface area contributed by atoms with Crippen LogP contribution in [0.1, 0.15) is 33.1 Å². The van der Waals surface area contributed by atoms with Crippen LogP contribution in [-0.4, -0.2) is 34.9 Å². The van der Waals surface area contributed by atoms with Gasteiger partial charge in [0.25, 0.3) is 5.78 Å².